The second kappa shape index (κ2) is 15.6. The maximum absolute atomic E-state index is 15.5. The van der Waals surface area contributed by atoms with Crippen LogP contribution in [0.15, 0.2) is 103 Å². The SMILES string of the molecule is Cc1n[nH]c(C)c1-c1cc(F)c(CCN2C[C@H](OCc3ccccc3)C(OCc3ccccc3)[C@H](OCc3ccccc3)C2)c(F)c1. The average Bonchev–Trinajstić information content (AvgIpc) is 3.43. The van der Waals surface area contributed by atoms with Gasteiger partial charge in [0.1, 0.15) is 17.7 Å². The van der Waals surface area contributed by atoms with Gasteiger partial charge in [-0.25, -0.2) is 8.78 Å². The van der Waals surface area contributed by atoms with E-state index in [4.69, 9.17) is 14.2 Å². The molecule has 1 aliphatic rings. The molecule has 0 amide bonds. The van der Waals surface area contributed by atoms with E-state index in [1.54, 1.807) is 0 Å². The largest absolute Gasteiger partial charge is 0.369 e. The van der Waals surface area contributed by atoms with Crippen molar-refractivity contribution in [3.63, 3.8) is 0 Å². The van der Waals surface area contributed by atoms with E-state index in [0.717, 1.165) is 27.9 Å². The molecule has 1 aromatic heterocycles. The number of aromatic amines is 1. The van der Waals surface area contributed by atoms with Crippen molar-refractivity contribution in [2.45, 2.75) is 58.4 Å². The highest BCUT2D eigenvalue weighted by Gasteiger charge is 2.39. The van der Waals surface area contributed by atoms with Crippen LogP contribution in [0.4, 0.5) is 8.78 Å². The molecule has 0 radical (unpaired) electrons. The minimum Gasteiger partial charge on any atom is -0.369 e. The van der Waals surface area contributed by atoms with Crippen molar-refractivity contribution >= 4 is 0 Å². The maximum atomic E-state index is 15.5. The monoisotopic (exact) mass is 637 g/mol. The van der Waals surface area contributed by atoms with Gasteiger partial charge in [0.25, 0.3) is 0 Å². The fourth-order valence-electron chi connectivity index (χ4n) is 6.28. The Morgan fingerprint density at radius 3 is 1.62 bits per heavy atom. The van der Waals surface area contributed by atoms with Crippen LogP contribution in [0.3, 0.4) is 0 Å². The molecule has 1 aliphatic heterocycles. The summed E-state index contributed by atoms with van der Waals surface area (Å²) in [4.78, 5) is 2.17. The highest BCUT2D eigenvalue weighted by Crippen LogP contribution is 2.30. The summed E-state index contributed by atoms with van der Waals surface area (Å²) in [6, 6.07) is 32.9. The number of aromatic nitrogens is 2. The third kappa shape index (κ3) is 8.39. The van der Waals surface area contributed by atoms with Gasteiger partial charge in [-0.05, 0) is 54.7 Å². The van der Waals surface area contributed by atoms with Gasteiger partial charge in [0.15, 0.2) is 0 Å². The summed E-state index contributed by atoms with van der Waals surface area (Å²) in [6.45, 7) is 6.40. The average molecular weight is 638 g/mol. The van der Waals surface area contributed by atoms with Gasteiger partial charge >= 0.3 is 0 Å². The van der Waals surface area contributed by atoms with Crippen LogP contribution in [0.25, 0.3) is 11.1 Å². The van der Waals surface area contributed by atoms with Crippen molar-refractivity contribution in [3.8, 4) is 11.1 Å². The molecule has 0 bridgehead atoms. The molecular formula is C39H41F2N3O3. The molecule has 4 aromatic carbocycles. The molecule has 0 spiro atoms. The van der Waals surface area contributed by atoms with E-state index in [1.165, 1.54) is 12.1 Å². The molecule has 47 heavy (non-hydrogen) atoms. The standard InChI is InChI=1S/C39H41F2N3O3/c1-27-38(28(2)43-42-27)32-20-34(40)33(35(41)21-32)18-19-44-22-36(45-24-29-12-6-3-7-13-29)39(47-26-31-16-10-5-11-17-31)37(23-44)46-25-30-14-8-4-9-15-30/h3-17,20-21,36-37,39H,18-19,22-26H2,1-2H3,(H,42,43)/t36-,37+,39?. The second-order valence-corrected chi connectivity index (χ2v) is 12.2. The molecule has 2 heterocycles. The number of nitrogens with zero attached hydrogens (tertiary/aromatic N) is 2. The van der Waals surface area contributed by atoms with E-state index < -0.39 is 11.6 Å². The number of aryl methyl sites for hydroxylation is 2. The van der Waals surface area contributed by atoms with E-state index in [-0.39, 0.29) is 30.3 Å². The third-order valence-electron chi connectivity index (χ3n) is 8.74. The van der Waals surface area contributed by atoms with Crippen molar-refractivity contribution in [1.29, 1.82) is 0 Å². The summed E-state index contributed by atoms with van der Waals surface area (Å²) in [5, 5.41) is 7.07. The number of halogens is 2. The predicted molar refractivity (Wildman–Crippen MR) is 179 cm³/mol. The molecule has 1 unspecified atom stereocenters. The van der Waals surface area contributed by atoms with Crippen LogP contribution in [0.2, 0.25) is 0 Å². The highest BCUT2D eigenvalue weighted by molar-refractivity contribution is 5.68. The first-order valence-corrected chi connectivity index (χ1v) is 16.1. The van der Waals surface area contributed by atoms with E-state index in [1.807, 2.05) is 105 Å². The van der Waals surface area contributed by atoms with Gasteiger partial charge in [-0.1, -0.05) is 91.0 Å². The Bertz CT molecular complexity index is 1620. The fourth-order valence-corrected chi connectivity index (χ4v) is 6.28. The lowest BCUT2D eigenvalue weighted by molar-refractivity contribution is -0.184. The molecule has 3 atom stereocenters. The zero-order chi connectivity index (χ0) is 32.6. The van der Waals surface area contributed by atoms with Gasteiger partial charge in [0.2, 0.25) is 0 Å². The molecule has 1 fully saturated rings. The number of hydrogen-bond donors (Lipinski definition) is 1. The zero-order valence-electron chi connectivity index (χ0n) is 26.9. The van der Waals surface area contributed by atoms with Gasteiger partial charge in [-0.15, -0.1) is 0 Å². The van der Waals surface area contributed by atoms with Crippen molar-refractivity contribution in [2.24, 2.45) is 0 Å². The van der Waals surface area contributed by atoms with E-state index in [0.29, 0.717) is 50.7 Å². The Kier molecular flexibility index (Phi) is 10.9. The summed E-state index contributed by atoms with van der Waals surface area (Å²) < 4.78 is 50.6. The highest BCUT2D eigenvalue weighted by atomic mass is 19.1. The molecule has 244 valence electrons. The van der Waals surface area contributed by atoms with E-state index in [2.05, 4.69) is 15.1 Å². The number of nitrogens with one attached hydrogen (secondary N) is 1. The first kappa shape index (κ1) is 32.7. The number of likely N-dealkylation sites (tertiary alicyclic amines) is 1. The van der Waals surface area contributed by atoms with E-state index >= 15 is 8.78 Å². The van der Waals surface area contributed by atoms with Crippen molar-refractivity contribution in [3.05, 3.63) is 148 Å². The van der Waals surface area contributed by atoms with Crippen LogP contribution >= 0.6 is 0 Å². The fraction of sp³-hybridized carbons (Fsp3) is 0.308. The van der Waals surface area contributed by atoms with Crippen LogP contribution in [-0.4, -0.2) is 53.0 Å². The minimum atomic E-state index is -0.560. The zero-order valence-corrected chi connectivity index (χ0v) is 26.9. The van der Waals surface area contributed by atoms with Gasteiger partial charge in [-0.3, -0.25) is 10.00 Å². The maximum Gasteiger partial charge on any atom is 0.129 e. The van der Waals surface area contributed by atoms with Gasteiger partial charge in [0, 0.05) is 36.5 Å². The lowest BCUT2D eigenvalue weighted by Gasteiger charge is -2.43. The molecule has 1 saturated heterocycles. The Morgan fingerprint density at radius 1 is 0.702 bits per heavy atom. The number of piperidine rings is 1. The summed E-state index contributed by atoms with van der Waals surface area (Å²) >= 11 is 0. The first-order chi connectivity index (χ1) is 22.9. The van der Waals surface area contributed by atoms with Crippen molar-refractivity contribution < 1.29 is 23.0 Å². The second-order valence-electron chi connectivity index (χ2n) is 12.2. The summed E-state index contributed by atoms with van der Waals surface area (Å²) in [6.07, 6.45) is -0.823. The smallest absolute Gasteiger partial charge is 0.129 e. The lowest BCUT2D eigenvalue weighted by Crippen LogP contribution is -2.58. The molecule has 0 aliphatic carbocycles. The number of H-pyrrole nitrogens is 1. The summed E-state index contributed by atoms with van der Waals surface area (Å²) in [5.74, 6) is -1.12. The number of rotatable bonds is 13. The molecule has 5 aromatic rings. The Labute approximate surface area is 275 Å². The Hall–Kier alpha value is -4.21. The van der Waals surface area contributed by atoms with Crippen molar-refractivity contribution in [2.75, 3.05) is 19.6 Å². The van der Waals surface area contributed by atoms with Crippen LogP contribution in [-0.2, 0) is 40.5 Å². The van der Waals surface area contributed by atoms with Crippen LogP contribution in [0.5, 0.6) is 0 Å². The van der Waals surface area contributed by atoms with Crippen LogP contribution in [0.1, 0.15) is 33.6 Å². The third-order valence-corrected chi connectivity index (χ3v) is 8.74. The van der Waals surface area contributed by atoms with Gasteiger partial charge in [0.05, 0.1) is 37.7 Å². The normalized spacial score (nSPS) is 18.4. The molecule has 6 nitrogen and oxygen atoms in total. The number of ether oxygens (including phenoxy) is 3. The molecule has 0 saturated carbocycles. The van der Waals surface area contributed by atoms with Crippen LogP contribution < -0.4 is 0 Å². The van der Waals surface area contributed by atoms with Crippen LogP contribution in [0, 0.1) is 25.5 Å². The minimum absolute atomic E-state index is 0.0681. The lowest BCUT2D eigenvalue weighted by atomic mass is 9.98. The van der Waals surface area contributed by atoms with Gasteiger partial charge in [-0.2, -0.15) is 5.10 Å². The molecule has 1 N–H and O–H groups in total. The van der Waals surface area contributed by atoms with E-state index in [9.17, 15) is 0 Å². The number of benzene rings is 4. The summed E-state index contributed by atoms with van der Waals surface area (Å²) in [7, 11) is 0. The van der Waals surface area contributed by atoms with Crippen molar-refractivity contribution in [1.82, 2.24) is 15.1 Å². The quantitative estimate of drug-likeness (QED) is 0.144. The first-order valence-electron chi connectivity index (χ1n) is 16.1. The summed E-state index contributed by atoms with van der Waals surface area (Å²) in [5.41, 5.74) is 5.92. The number of hydrogen-bond acceptors (Lipinski definition) is 5. The molecular weight excluding hydrogens is 596 g/mol. The predicted octanol–water partition coefficient (Wildman–Crippen LogP) is 7.59. The Balaban J connectivity index is 1.22. The topological polar surface area (TPSA) is 59.6 Å². The molecule has 6 rings (SSSR count). The molecule has 8 heteroatoms. The van der Waals surface area contributed by atoms with Gasteiger partial charge < -0.3 is 14.2 Å². The Morgan fingerprint density at radius 2 is 1.17 bits per heavy atom.